The quantitative estimate of drug-likeness (QED) is 0.245. The maximum atomic E-state index is 5.91. The van der Waals surface area contributed by atoms with Gasteiger partial charge in [-0.3, -0.25) is 0 Å². The highest BCUT2D eigenvalue weighted by molar-refractivity contribution is 5.38. The summed E-state index contributed by atoms with van der Waals surface area (Å²) in [6.45, 7) is 7.37. The lowest BCUT2D eigenvalue weighted by molar-refractivity contribution is -0.0211. The molecule has 0 amide bonds. The largest absolute Gasteiger partial charge is 0.497 e. The molecule has 0 heterocycles. The van der Waals surface area contributed by atoms with E-state index in [9.17, 15) is 0 Å². The highest BCUT2D eigenvalue weighted by Crippen LogP contribution is 2.24. The highest BCUT2D eigenvalue weighted by Gasteiger charge is 2.08. The van der Waals surface area contributed by atoms with Crippen molar-refractivity contribution in [1.82, 2.24) is 0 Å². The molecule has 2 aromatic carbocycles. The van der Waals surface area contributed by atoms with E-state index < -0.39 is 0 Å². The van der Waals surface area contributed by atoms with E-state index in [0.29, 0.717) is 39.6 Å². The molecule has 0 aliphatic carbocycles. The predicted molar refractivity (Wildman–Crippen MR) is 138 cm³/mol. The van der Waals surface area contributed by atoms with Crippen molar-refractivity contribution in [3.8, 4) is 23.0 Å². The molecule has 0 radical (unpaired) electrons. The first-order chi connectivity index (χ1) is 17.5. The van der Waals surface area contributed by atoms with Crippen molar-refractivity contribution in [2.75, 3.05) is 54.9 Å². The molecule has 2 aromatic rings. The second-order valence-corrected chi connectivity index (χ2v) is 8.49. The van der Waals surface area contributed by atoms with Crippen LogP contribution in [0.4, 0.5) is 0 Å². The first-order valence-electron chi connectivity index (χ1n) is 12.3. The molecule has 8 nitrogen and oxygen atoms in total. The number of hydrogen-bond acceptors (Lipinski definition) is 8. The van der Waals surface area contributed by atoms with Gasteiger partial charge in [0.1, 0.15) is 23.0 Å². The summed E-state index contributed by atoms with van der Waals surface area (Å²) in [5.74, 6) is 3.00. The van der Waals surface area contributed by atoms with Gasteiger partial charge in [0.25, 0.3) is 0 Å². The van der Waals surface area contributed by atoms with Crippen LogP contribution in [0.15, 0.2) is 36.4 Å². The Labute approximate surface area is 215 Å². The van der Waals surface area contributed by atoms with E-state index in [2.05, 4.69) is 6.92 Å². The molecule has 8 heteroatoms. The van der Waals surface area contributed by atoms with E-state index in [4.69, 9.17) is 37.9 Å². The summed E-state index contributed by atoms with van der Waals surface area (Å²) < 4.78 is 44.4. The molecule has 2 rings (SSSR count). The van der Waals surface area contributed by atoms with Crippen LogP contribution in [0.2, 0.25) is 0 Å². The Morgan fingerprint density at radius 3 is 1.33 bits per heavy atom. The average molecular weight is 507 g/mol. The lowest BCUT2D eigenvalue weighted by Crippen LogP contribution is -2.18. The molecule has 0 N–H and O–H groups in total. The summed E-state index contributed by atoms with van der Waals surface area (Å²) in [4.78, 5) is 0. The third-order valence-corrected chi connectivity index (χ3v) is 5.59. The Morgan fingerprint density at radius 1 is 0.500 bits per heavy atom. The molecule has 0 fully saturated rings. The van der Waals surface area contributed by atoms with Gasteiger partial charge >= 0.3 is 0 Å². The smallest absolute Gasteiger partial charge is 0.122 e. The molecular weight excluding hydrogens is 464 g/mol. The Hall–Kier alpha value is -2.52. The fraction of sp³-hybridized carbons (Fsp3) is 0.571. The summed E-state index contributed by atoms with van der Waals surface area (Å²) in [6, 6.07) is 11.5. The molecule has 0 aliphatic rings. The lowest BCUT2D eigenvalue weighted by Gasteiger charge is -2.17. The Morgan fingerprint density at radius 2 is 0.889 bits per heavy atom. The van der Waals surface area contributed by atoms with E-state index in [1.165, 1.54) is 0 Å². The Balaban J connectivity index is 1.52. The minimum atomic E-state index is 0.0944. The normalized spacial score (nSPS) is 12.7. The van der Waals surface area contributed by atoms with Crippen LogP contribution in [-0.4, -0.2) is 67.1 Å². The number of ether oxygens (including phenoxy) is 8. The van der Waals surface area contributed by atoms with Gasteiger partial charge < -0.3 is 37.9 Å². The van der Waals surface area contributed by atoms with Crippen LogP contribution in [-0.2, 0) is 32.2 Å². The van der Waals surface area contributed by atoms with Crippen LogP contribution in [0.1, 0.15) is 37.8 Å². The monoisotopic (exact) mass is 506 g/mol. The molecule has 202 valence electrons. The number of rotatable bonds is 19. The second-order valence-electron chi connectivity index (χ2n) is 8.49. The molecule has 0 aliphatic heterocycles. The van der Waals surface area contributed by atoms with E-state index in [-0.39, 0.29) is 12.2 Å². The molecule has 0 spiro atoms. The molecule has 0 saturated heterocycles. The summed E-state index contributed by atoms with van der Waals surface area (Å²) in [7, 11) is 6.54. The van der Waals surface area contributed by atoms with Crippen molar-refractivity contribution in [3.63, 3.8) is 0 Å². The predicted octanol–water partition coefficient (Wildman–Crippen LogP) is 5.04. The zero-order chi connectivity index (χ0) is 26.2. The van der Waals surface area contributed by atoms with E-state index in [1.807, 2.05) is 43.3 Å². The van der Waals surface area contributed by atoms with Gasteiger partial charge in [-0.1, -0.05) is 0 Å². The van der Waals surface area contributed by atoms with Crippen LogP contribution in [0.25, 0.3) is 0 Å². The fourth-order valence-corrected chi connectivity index (χ4v) is 3.44. The van der Waals surface area contributed by atoms with Gasteiger partial charge in [0.15, 0.2) is 0 Å². The van der Waals surface area contributed by atoms with Crippen molar-refractivity contribution in [3.05, 3.63) is 47.5 Å². The third kappa shape index (κ3) is 11.5. The Bertz CT molecular complexity index is 828. The average Bonchev–Trinajstić information content (AvgIpc) is 2.90. The van der Waals surface area contributed by atoms with Gasteiger partial charge in [0.05, 0.1) is 67.1 Å². The van der Waals surface area contributed by atoms with Gasteiger partial charge in [-0.15, -0.1) is 0 Å². The first kappa shape index (κ1) is 29.7. The maximum Gasteiger partial charge on any atom is 0.122 e. The van der Waals surface area contributed by atoms with Crippen LogP contribution in [0.3, 0.4) is 0 Å². The summed E-state index contributed by atoms with van der Waals surface area (Å²) in [6.07, 6.45) is 1.85. The van der Waals surface area contributed by atoms with Gasteiger partial charge in [-0.2, -0.15) is 0 Å². The van der Waals surface area contributed by atoms with E-state index in [0.717, 1.165) is 47.0 Å². The zero-order valence-electron chi connectivity index (χ0n) is 22.5. The summed E-state index contributed by atoms with van der Waals surface area (Å²) in [5, 5.41) is 0. The zero-order valence-corrected chi connectivity index (χ0v) is 22.5. The molecule has 36 heavy (non-hydrogen) atoms. The minimum absolute atomic E-state index is 0.0944. The minimum Gasteiger partial charge on any atom is -0.497 e. The van der Waals surface area contributed by atoms with Crippen LogP contribution < -0.4 is 18.9 Å². The number of hydrogen-bond donors (Lipinski definition) is 0. The number of benzene rings is 2. The van der Waals surface area contributed by atoms with Crippen LogP contribution >= 0.6 is 0 Å². The van der Waals surface area contributed by atoms with Crippen LogP contribution in [0, 0.1) is 0 Å². The summed E-state index contributed by atoms with van der Waals surface area (Å²) >= 11 is 0. The topological polar surface area (TPSA) is 73.8 Å². The lowest BCUT2D eigenvalue weighted by atomic mass is 10.2. The molecular formula is C28H42O8. The maximum absolute atomic E-state index is 5.91. The van der Waals surface area contributed by atoms with Gasteiger partial charge in [-0.25, -0.2) is 0 Å². The standard InChI is InChI=1S/C28H42O8/c1-21(7-9-33-19-23-13-25(29-3)17-26(14-23)30-4)35-10-8-22(2)36-12-11-34-20-24-15-27(31-5)18-28(16-24)32-6/h13-18,21-22H,7-12,19-20H2,1-6H3. The molecule has 2 unspecified atom stereocenters. The van der Waals surface area contributed by atoms with Crippen molar-refractivity contribution in [2.24, 2.45) is 0 Å². The number of methoxy groups -OCH3 is 4. The molecule has 0 aromatic heterocycles. The van der Waals surface area contributed by atoms with E-state index >= 15 is 0 Å². The Kier molecular flexibility index (Phi) is 14.1. The van der Waals surface area contributed by atoms with Gasteiger partial charge in [-0.05, 0) is 62.1 Å². The van der Waals surface area contributed by atoms with Crippen molar-refractivity contribution < 1.29 is 37.9 Å². The van der Waals surface area contributed by atoms with E-state index in [1.54, 1.807) is 28.4 Å². The summed E-state index contributed by atoms with van der Waals surface area (Å²) in [5.41, 5.74) is 2.01. The van der Waals surface area contributed by atoms with Gasteiger partial charge in [0, 0.05) is 25.3 Å². The molecule has 0 bridgehead atoms. The molecule has 0 saturated carbocycles. The van der Waals surface area contributed by atoms with Crippen molar-refractivity contribution >= 4 is 0 Å². The SMILES string of the molecule is COc1cc(COCCOC(C)CCOC(C)CCOCc2cc(OC)cc(OC)c2)cc(OC)c1. The van der Waals surface area contributed by atoms with Crippen LogP contribution in [0.5, 0.6) is 23.0 Å². The first-order valence-corrected chi connectivity index (χ1v) is 12.3. The van der Waals surface area contributed by atoms with Gasteiger partial charge in [0.2, 0.25) is 0 Å². The molecule has 2 atom stereocenters. The van der Waals surface area contributed by atoms with Crippen molar-refractivity contribution in [1.29, 1.82) is 0 Å². The second kappa shape index (κ2) is 17.0. The third-order valence-electron chi connectivity index (χ3n) is 5.59. The highest BCUT2D eigenvalue weighted by atomic mass is 16.5. The van der Waals surface area contributed by atoms with Crippen molar-refractivity contribution in [2.45, 2.75) is 52.1 Å². The fourth-order valence-electron chi connectivity index (χ4n) is 3.44.